The summed E-state index contributed by atoms with van der Waals surface area (Å²) in [4.78, 5) is 0. The van der Waals surface area contributed by atoms with Gasteiger partial charge in [0.05, 0.1) is 11.2 Å². The minimum atomic E-state index is -0.309. The Kier molecular flexibility index (Phi) is 12.6. The topological polar surface area (TPSA) is 18.5 Å². The van der Waals surface area contributed by atoms with E-state index in [2.05, 4.69) is 121 Å². The first-order chi connectivity index (χ1) is 18.4. The van der Waals surface area contributed by atoms with Crippen molar-refractivity contribution in [1.82, 2.24) is 0 Å². The normalized spacial score (nSPS) is 15.1. The van der Waals surface area contributed by atoms with E-state index in [1.165, 1.54) is 47.6 Å². The Morgan fingerprint density at radius 2 is 0.744 bits per heavy atom. The predicted molar refractivity (Wildman–Crippen MR) is 177 cm³/mol. The van der Waals surface area contributed by atoms with Crippen LogP contribution in [0.5, 0.6) is 0 Å². The van der Waals surface area contributed by atoms with Crippen molar-refractivity contribution in [3.05, 3.63) is 121 Å². The number of benzene rings is 4. The minimum Gasteiger partial charge on any atom is -0.0622 e. The van der Waals surface area contributed by atoms with Crippen LogP contribution in [0.4, 0.5) is 0 Å². The molecule has 1 saturated heterocycles. The van der Waals surface area contributed by atoms with Gasteiger partial charge < -0.3 is 9.31 Å². The third kappa shape index (κ3) is 8.94. The molecule has 1 aliphatic rings. The number of rotatable bonds is 8. The Bertz CT molecular complexity index is 1050. The van der Waals surface area contributed by atoms with Crippen molar-refractivity contribution >= 4 is 44.7 Å². The molecule has 6 heteroatoms. The molecule has 0 spiro atoms. The van der Waals surface area contributed by atoms with E-state index in [1.54, 1.807) is 0 Å². The molecule has 208 valence electrons. The summed E-state index contributed by atoms with van der Waals surface area (Å²) in [5, 5.41) is 5.94. The summed E-state index contributed by atoms with van der Waals surface area (Å²) in [5.74, 6) is 0. The van der Waals surface area contributed by atoms with Crippen molar-refractivity contribution in [2.75, 3.05) is 12.3 Å². The van der Waals surface area contributed by atoms with E-state index in [0.717, 1.165) is 0 Å². The molecule has 2 radical (unpaired) electrons. The summed E-state index contributed by atoms with van der Waals surface area (Å²) < 4.78 is 10.4. The van der Waals surface area contributed by atoms with E-state index in [4.69, 9.17) is 9.31 Å². The van der Waals surface area contributed by atoms with Gasteiger partial charge in [0.15, 0.2) is 0 Å². The Balaban J connectivity index is 0.000000359. The standard InChI is InChI=1S/C27H26P2.C6H12BO2.Re.6H/c1-5-14-24(15-6-1)28(25-16-7-2-8-17-25)22-13-23-29(26-18-9-3-10-19-26)27-20-11-4-12-21-27;1-5(2)6(3,4)9-7-8-5;;;;;;;/h1-12,14-21H,13,22-23H2;1-4H3;;;;;;;. The third-order valence-electron chi connectivity index (χ3n) is 7.17. The fraction of sp³-hybridized carbons (Fsp3) is 0.273. The largest absolute Gasteiger partial charge is 0.0622 e. The molecule has 0 unspecified atom stereocenters. The zero-order valence-electron chi connectivity index (χ0n) is 24.0. The van der Waals surface area contributed by atoms with Gasteiger partial charge in [-0.1, -0.05) is 121 Å². The van der Waals surface area contributed by atoms with Crippen LogP contribution >= 0.6 is 15.8 Å². The molecule has 1 heterocycles. The van der Waals surface area contributed by atoms with Crippen LogP contribution in [0.2, 0.25) is 0 Å². The van der Waals surface area contributed by atoms with Gasteiger partial charge in [0.25, 0.3) is 0 Å². The predicted octanol–water partition coefficient (Wildman–Crippen LogP) is 5.16. The second-order valence-corrected chi connectivity index (χ2v) is 15.0. The summed E-state index contributed by atoms with van der Waals surface area (Å²) in [5.41, 5.74) is -0.375. The maximum Gasteiger partial charge on any atom is -0.0195 e. The molecule has 4 aromatic carbocycles. The first kappa shape index (κ1) is 31.9. The summed E-state index contributed by atoms with van der Waals surface area (Å²) >= 11 is 0. The Hall–Kier alpha value is -1.61. The monoisotopic (exact) mass is 732 g/mol. The van der Waals surface area contributed by atoms with Gasteiger partial charge in [0, 0.05) is 0 Å². The van der Waals surface area contributed by atoms with E-state index in [0.29, 0.717) is 0 Å². The molecule has 0 bridgehead atoms. The molecule has 0 aromatic heterocycles. The summed E-state index contributed by atoms with van der Waals surface area (Å²) in [6, 6.07) is 44.3. The van der Waals surface area contributed by atoms with Crippen LogP contribution < -0.4 is 21.2 Å². The fourth-order valence-corrected chi connectivity index (χ4v) is 9.14. The zero-order chi connectivity index (χ0) is 26.8. The summed E-state index contributed by atoms with van der Waals surface area (Å²) in [6.45, 7) is 8.04. The van der Waals surface area contributed by atoms with Crippen molar-refractivity contribution < 1.29 is 29.7 Å². The van der Waals surface area contributed by atoms with Gasteiger partial charge in [-0.2, -0.15) is 0 Å². The van der Waals surface area contributed by atoms with E-state index >= 15 is 0 Å². The van der Waals surface area contributed by atoms with Crippen molar-refractivity contribution in [2.45, 2.75) is 45.3 Å². The molecule has 5 rings (SSSR count). The van der Waals surface area contributed by atoms with Gasteiger partial charge in [-0.25, -0.2) is 0 Å². The maximum absolute atomic E-state index is 5.21. The summed E-state index contributed by atoms with van der Waals surface area (Å²) in [6.07, 6.45) is 3.72. The van der Waals surface area contributed by atoms with Gasteiger partial charge in [0.2, 0.25) is 0 Å². The first-order valence-corrected chi connectivity index (χ1v) is 16.4. The van der Waals surface area contributed by atoms with Gasteiger partial charge >= 0.3 is 28.1 Å². The molecule has 0 aliphatic carbocycles. The molecule has 0 atom stereocenters. The average molecular weight is 732 g/mol. The Labute approximate surface area is 252 Å². The van der Waals surface area contributed by atoms with Crippen molar-refractivity contribution in [3.8, 4) is 0 Å². The second kappa shape index (κ2) is 15.4. The Morgan fingerprint density at radius 1 is 0.487 bits per heavy atom. The van der Waals surface area contributed by atoms with Crippen LogP contribution in [0, 0.1) is 0 Å². The SMILES string of the molecule is CC1(C)O[B]OC1(C)C.[ReH6].c1ccc(P(CCCP(c2ccccc2)c2ccccc2)c2ccccc2)cc1. The van der Waals surface area contributed by atoms with Crippen LogP contribution in [0.3, 0.4) is 0 Å². The zero-order valence-corrected chi connectivity index (χ0v) is 32.9. The van der Waals surface area contributed by atoms with Crippen molar-refractivity contribution in [3.63, 3.8) is 0 Å². The smallest absolute Gasteiger partial charge is 0.0195 e. The average Bonchev–Trinajstić information content (AvgIpc) is 3.20. The van der Waals surface area contributed by atoms with Crippen LogP contribution in [0.1, 0.15) is 34.1 Å². The van der Waals surface area contributed by atoms with Gasteiger partial charge in [-0.3, -0.25) is 0 Å². The number of hydrogen-bond donors (Lipinski definition) is 0. The summed E-state index contributed by atoms with van der Waals surface area (Å²) in [7, 11) is 0.799. The van der Waals surface area contributed by atoms with Crippen LogP contribution in [0.25, 0.3) is 0 Å². The van der Waals surface area contributed by atoms with E-state index < -0.39 is 0 Å². The van der Waals surface area contributed by atoms with Crippen LogP contribution in [-0.4, -0.2) is 31.2 Å². The second-order valence-electron chi connectivity index (χ2n) is 10.4. The van der Waals surface area contributed by atoms with Crippen molar-refractivity contribution in [1.29, 1.82) is 0 Å². The first-order valence-electron chi connectivity index (χ1n) is 13.3. The molecule has 0 saturated carbocycles. The van der Waals surface area contributed by atoms with Crippen LogP contribution in [0.15, 0.2) is 121 Å². The Morgan fingerprint density at radius 3 is 0.949 bits per heavy atom. The minimum absolute atomic E-state index is 0. The van der Waals surface area contributed by atoms with Gasteiger partial charge in [-0.15, -0.1) is 0 Å². The van der Waals surface area contributed by atoms with Crippen molar-refractivity contribution in [2.24, 2.45) is 0 Å². The molecule has 1 aliphatic heterocycles. The number of hydrogen-bond acceptors (Lipinski definition) is 2. The van der Waals surface area contributed by atoms with Gasteiger partial charge in [-0.05, 0) is 83.5 Å². The quantitative estimate of drug-likeness (QED) is 0.185. The maximum atomic E-state index is 5.21. The van der Waals surface area contributed by atoms with Crippen LogP contribution in [-0.2, 0) is 29.7 Å². The molecular weight excluding hydrogens is 687 g/mol. The molecule has 39 heavy (non-hydrogen) atoms. The molecule has 0 amide bonds. The molecule has 4 aromatic rings. The van der Waals surface area contributed by atoms with E-state index in [9.17, 15) is 0 Å². The molecular formula is C33H44BO2P2Re. The third-order valence-corrected chi connectivity index (χ3v) is 12.4. The molecule has 2 nitrogen and oxygen atoms in total. The fourth-order valence-electron chi connectivity index (χ4n) is 4.18. The van der Waals surface area contributed by atoms with E-state index in [1.807, 2.05) is 27.7 Å². The van der Waals surface area contributed by atoms with Gasteiger partial charge in [0.1, 0.15) is 0 Å². The molecule has 1 fully saturated rings. The van der Waals surface area contributed by atoms with E-state index in [-0.39, 0.29) is 47.5 Å². The molecule has 0 N–H and O–H groups in total.